The minimum Gasteiger partial charge on any atom is -0.349 e. The van der Waals surface area contributed by atoms with Crippen LogP contribution in [0.4, 0.5) is 4.39 Å². The molecule has 0 spiro atoms. The maximum Gasteiger partial charge on any atom is 0.225 e. The molecule has 0 heterocycles. The lowest BCUT2D eigenvalue weighted by Crippen LogP contribution is -2.28. The normalized spacial score (nSPS) is 12.0. The van der Waals surface area contributed by atoms with E-state index in [9.17, 15) is 9.18 Å². The minimum absolute atomic E-state index is 0.0830. The summed E-state index contributed by atoms with van der Waals surface area (Å²) in [5.41, 5.74) is 1.18. The van der Waals surface area contributed by atoms with E-state index in [1.165, 1.54) is 12.1 Å². The Morgan fingerprint density at radius 3 is 2.67 bits per heavy atom. The standard InChI is InChI=1S/C16H14BrClFNO/c1-10(11-5-2-3-6-13(11)17)20-16(21)9-12-14(18)7-4-8-15(12)19/h2-8,10H,9H2,1H3,(H,20,21). The number of rotatable bonds is 4. The number of carbonyl (C=O) groups is 1. The molecule has 0 saturated heterocycles. The van der Waals surface area contributed by atoms with Gasteiger partial charge in [-0.05, 0) is 30.7 Å². The first-order valence-electron chi connectivity index (χ1n) is 6.45. The predicted molar refractivity (Wildman–Crippen MR) is 85.8 cm³/mol. The Morgan fingerprint density at radius 1 is 1.29 bits per heavy atom. The topological polar surface area (TPSA) is 29.1 Å². The molecule has 2 aromatic rings. The van der Waals surface area contributed by atoms with Crippen molar-refractivity contribution in [2.75, 3.05) is 0 Å². The number of benzene rings is 2. The predicted octanol–water partition coefficient (Wildman–Crippen LogP) is 4.66. The molecule has 1 amide bonds. The lowest BCUT2D eigenvalue weighted by molar-refractivity contribution is -0.121. The second kappa shape index (κ2) is 7.05. The molecule has 0 radical (unpaired) electrons. The van der Waals surface area contributed by atoms with Crippen LogP contribution < -0.4 is 5.32 Å². The average molecular weight is 371 g/mol. The van der Waals surface area contributed by atoms with Crippen molar-refractivity contribution >= 4 is 33.4 Å². The summed E-state index contributed by atoms with van der Waals surface area (Å²) in [7, 11) is 0. The number of halogens is 3. The molecule has 1 N–H and O–H groups in total. The lowest BCUT2D eigenvalue weighted by Gasteiger charge is -2.16. The third-order valence-corrected chi connectivity index (χ3v) is 4.22. The summed E-state index contributed by atoms with van der Waals surface area (Å²) >= 11 is 9.37. The summed E-state index contributed by atoms with van der Waals surface area (Å²) in [6, 6.07) is 11.8. The van der Waals surface area contributed by atoms with Crippen LogP contribution in [0.25, 0.3) is 0 Å². The van der Waals surface area contributed by atoms with Crippen LogP contribution in [0.2, 0.25) is 5.02 Å². The maximum absolute atomic E-state index is 13.7. The van der Waals surface area contributed by atoms with Crippen molar-refractivity contribution in [3.63, 3.8) is 0 Å². The van der Waals surface area contributed by atoms with E-state index in [-0.39, 0.29) is 29.0 Å². The molecule has 1 unspecified atom stereocenters. The first-order chi connectivity index (χ1) is 9.99. The molecule has 0 saturated carbocycles. The van der Waals surface area contributed by atoms with Crippen molar-refractivity contribution in [1.82, 2.24) is 5.32 Å². The fourth-order valence-corrected chi connectivity index (χ4v) is 2.92. The quantitative estimate of drug-likeness (QED) is 0.833. The molecule has 0 aliphatic heterocycles. The van der Waals surface area contributed by atoms with Crippen molar-refractivity contribution in [2.24, 2.45) is 0 Å². The number of carbonyl (C=O) groups excluding carboxylic acids is 1. The van der Waals surface area contributed by atoms with Crippen LogP contribution in [0.5, 0.6) is 0 Å². The van der Waals surface area contributed by atoms with Gasteiger partial charge in [0.1, 0.15) is 5.82 Å². The van der Waals surface area contributed by atoms with E-state index < -0.39 is 5.82 Å². The van der Waals surface area contributed by atoms with Gasteiger partial charge in [0.2, 0.25) is 5.91 Å². The van der Waals surface area contributed by atoms with Crippen molar-refractivity contribution in [1.29, 1.82) is 0 Å². The molecule has 2 nitrogen and oxygen atoms in total. The maximum atomic E-state index is 13.7. The Hall–Kier alpha value is -1.39. The highest BCUT2D eigenvalue weighted by atomic mass is 79.9. The Bertz CT molecular complexity index is 642. The summed E-state index contributed by atoms with van der Waals surface area (Å²) in [5.74, 6) is -0.739. The second-order valence-electron chi connectivity index (χ2n) is 4.69. The van der Waals surface area contributed by atoms with Crippen LogP contribution in [0, 0.1) is 5.82 Å². The zero-order chi connectivity index (χ0) is 15.4. The van der Waals surface area contributed by atoms with Crippen molar-refractivity contribution in [3.8, 4) is 0 Å². The molecule has 2 rings (SSSR count). The van der Waals surface area contributed by atoms with Crippen LogP contribution in [-0.4, -0.2) is 5.91 Å². The van der Waals surface area contributed by atoms with Gasteiger partial charge >= 0.3 is 0 Å². The molecule has 0 fully saturated rings. The van der Waals surface area contributed by atoms with Gasteiger partial charge in [-0.15, -0.1) is 0 Å². The van der Waals surface area contributed by atoms with Crippen LogP contribution in [0.1, 0.15) is 24.1 Å². The van der Waals surface area contributed by atoms with Crippen LogP contribution in [0.15, 0.2) is 46.9 Å². The van der Waals surface area contributed by atoms with Gasteiger partial charge in [-0.1, -0.05) is 51.8 Å². The van der Waals surface area contributed by atoms with E-state index in [1.54, 1.807) is 6.07 Å². The van der Waals surface area contributed by atoms with Gasteiger partial charge in [-0.3, -0.25) is 4.79 Å². The lowest BCUT2D eigenvalue weighted by atomic mass is 10.1. The SMILES string of the molecule is CC(NC(=O)Cc1c(F)cccc1Cl)c1ccccc1Br. The smallest absolute Gasteiger partial charge is 0.225 e. The Labute approximate surface area is 136 Å². The third kappa shape index (κ3) is 4.05. The molecule has 21 heavy (non-hydrogen) atoms. The van der Waals surface area contributed by atoms with Gasteiger partial charge in [-0.25, -0.2) is 4.39 Å². The van der Waals surface area contributed by atoms with E-state index in [1.807, 2.05) is 31.2 Å². The van der Waals surface area contributed by atoms with Crippen LogP contribution in [0.3, 0.4) is 0 Å². The summed E-state index contributed by atoms with van der Waals surface area (Å²) in [5, 5.41) is 3.11. The van der Waals surface area contributed by atoms with Gasteiger partial charge in [0, 0.05) is 15.1 Å². The zero-order valence-electron chi connectivity index (χ0n) is 11.4. The highest BCUT2D eigenvalue weighted by molar-refractivity contribution is 9.10. The van der Waals surface area contributed by atoms with Gasteiger partial charge in [0.05, 0.1) is 12.5 Å². The van der Waals surface area contributed by atoms with Crippen molar-refractivity contribution < 1.29 is 9.18 Å². The Kier molecular flexibility index (Phi) is 5.37. The second-order valence-corrected chi connectivity index (χ2v) is 5.95. The summed E-state index contributed by atoms with van der Waals surface area (Å²) in [6.07, 6.45) is -0.0830. The molecule has 0 aromatic heterocycles. The Morgan fingerprint density at radius 2 is 2.00 bits per heavy atom. The molecule has 2 aromatic carbocycles. The van der Waals surface area contributed by atoms with Gasteiger partial charge < -0.3 is 5.32 Å². The molecule has 0 bridgehead atoms. The largest absolute Gasteiger partial charge is 0.349 e. The molecule has 1 atom stereocenters. The number of hydrogen-bond donors (Lipinski definition) is 1. The monoisotopic (exact) mass is 369 g/mol. The number of amides is 1. The third-order valence-electron chi connectivity index (χ3n) is 3.15. The van der Waals surface area contributed by atoms with E-state index in [0.717, 1.165) is 10.0 Å². The zero-order valence-corrected chi connectivity index (χ0v) is 13.7. The van der Waals surface area contributed by atoms with Gasteiger partial charge in [0.15, 0.2) is 0 Å². The number of nitrogens with one attached hydrogen (secondary N) is 1. The van der Waals surface area contributed by atoms with Crippen molar-refractivity contribution in [3.05, 3.63) is 68.9 Å². The van der Waals surface area contributed by atoms with Gasteiger partial charge in [-0.2, -0.15) is 0 Å². The van der Waals surface area contributed by atoms with Crippen molar-refractivity contribution in [2.45, 2.75) is 19.4 Å². The fraction of sp³-hybridized carbons (Fsp3) is 0.188. The molecular weight excluding hydrogens is 357 g/mol. The van der Waals surface area contributed by atoms with Crippen LogP contribution >= 0.6 is 27.5 Å². The summed E-state index contributed by atoms with van der Waals surface area (Å²) in [6.45, 7) is 1.88. The number of hydrogen-bond acceptors (Lipinski definition) is 1. The highest BCUT2D eigenvalue weighted by Gasteiger charge is 2.15. The fourth-order valence-electron chi connectivity index (χ4n) is 2.06. The molecule has 110 valence electrons. The summed E-state index contributed by atoms with van der Waals surface area (Å²) in [4.78, 5) is 12.1. The molecular formula is C16H14BrClFNO. The van der Waals surface area contributed by atoms with E-state index in [0.29, 0.717) is 0 Å². The Balaban J connectivity index is 2.07. The van der Waals surface area contributed by atoms with E-state index in [4.69, 9.17) is 11.6 Å². The van der Waals surface area contributed by atoms with E-state index >= 15 is 0 Å². The summed E-state index contributed by atoms with van der Waals surface area (Å²) < 4.78 is 14.6. The van der Waals surface area contributed by atoms with Gasteiger partial charge in [0.25, 0.3) is 0 Å². The average Bonchev–Trinajstić information content (AvgIpc) is 2.43. The molecule has 0 aliphatic carbocycles. The minimum atomic E-state index is -0.466. The first kappa shape index (κ1) is 16.0. The van der Waals surface area contributed by atoms with E-state index in [2.05, 4.69) is 21.2 Å². The highest BCUT2D eigenvalue weighted by Crippen LogP contribution is 2.23. The molecule has 0 aliphatic rings. The van der Waals surface area contributed by atoms with Crippen LogP contribution in [-0.2, 0) is 11.2 Å². The first-order valence-corrected chi connectivity index (χ1v) is 7.63. The molecule has 5 heteroatoms.